The highest BCUT2D eigenvalue weighted by Crippen LogP contribution is 2.26. The van der Waals surface area contributed by atoms with Crippen LogP contribution < -0.4 is 15.6 Å². The molecular weight excluding hydrogens is 482 g/mol. The predicted octanol–water partition coefficient (Wildman–Crippen LogP) is 3.72. The van der Waals surface area contributed by atoms with E-state index in [1.54, 1.807) is 58.3 Å². The zero-order chi connectivity index (χ0) is 25.8. The van der Waals surface area contributed by atoms with Gasteiger partial charge in [0.05, 0.1) is 18.0 Å². The number of ether oxygens (including phenoxy) is 1. The molecule has 2 aromatic carbocycles. The number of amides is 2. The fourth-order valence-corrected chi connectivity index (χ4v) is 4.07. The standard InChI is InChI=1S/C26H28ClN5O4/c1-17(2)36-23-16-28-32(22-9-7-20(27)8-10-22)26(35)24(23)29-21-6-4-5-19(15-21)25(34)31-13-11-30(12-14-31)18(3)33/h4-10,15-17,29H,11-14H2,1-3H3. The zero-order valence-corrected chi connectivity index (χ0v) is 21.2. The minimum Gasteiger partial charge on any atom is -0.487 e. The summed E-state index contributed by atoms with van der Waals surface area (Å²) in [5.41, 5.74) is 1.38. The van der Waals surface area contributed by atoms with Crippen molar-refractivity contribution in [1.82, 2.24) is 19.6 Å². The lowest BCUT2D eigenvalue weighted by Crippen LogP contribution is -2.50. The molecule has 1 aliphatic heterocycles. The van der Waals surface area contributed by atoms with Crippen molar-refractivity contribution in [3.05, 3.63) is 75.7 Å². The van der Waals surface area contributed by atoms with Gasteiger partial charge in [0.15, 0.2) is 11.4 Å². The number of hydrogen-bond acceptors (Lipinski definition) is 6. The molecule has 1 N–H and O–H groups in total. The van der Waals surface area contributed by atoms with Crippen LogP contribution in [0, 0.1) is 0 Å². The van der Waals surface area contributed by atoms with E-state index in [9.17, 15) is 14.4 Å². The Morgan fingerprint density at radius 2 is 1.69 bits per heavy atom. The van der Waals surface area contributed by atoms with Crippen LogP contribution in [0.15, 0.2) is 59.5 Å². The van der Waals surface area contributed by atoms with Gasteiger partial charge < -0.3 is 19.9 Å². The Hall–Kier alpha value is -3.85. The largest absolute Gasteiger partial charge is 0.487 e. The van der Waals surface area contributed by atoms with Gasteiger partial charge in [0.2, 0.25) is 5.91 Å². The van der Waals surface area contributed by atoms with Crippen LogP contribution in [0.3, 0.4) is 0 Å². The molecule has 3 aromatic rings. The first-order valence-corrected chi connectivity index (χ1v) is 12.1. The van der Waals surface area contributed by atoms with E-state index in [1.807, 2.05) is 13.8 Å². The summed E-state index contributed by atoms with van der Waals surface area (Å²) in [6.07, 6.45) is 1.31. The summed E-state index contributed by atoms with van der Waals surface area (Å²) in [6.45, 7) is 7.22. The molecule has 4 rings (SSSR count). The average Bonchev–Trinajstić information content (AvgIpc) is 2.86. The quantitative estimate of drug-likeness (QED) is 0.544. The highest BCUT2D eigenvalue weighted by Gasteiger charge is 2.23. The normalized spacial score (nSPS) is 13.6. The summed E-state index contributed by atoms with van der Waals surface area (Å²) in [4.78, 5) is 41.6. The SMILES string of the molecule is CC(=O)N1CCN(C(=O)c2cccc(Nc3c(OC(C)C)cnn(-c4ccc(Cl)cc4)c3=O)c2)CC1. The van der Waals surface area contributed by atoms with E-state index in [-0.39, 0.29) is 23.6 Å². The third-order valence-electron chi connectivity index (χ3n) is 5.77. The molecule has 0 unspecified atom stereocenters. The maximum atomic E-state index is 13.4. The number of nitrogens with zero attached hydrogens (tertiary/aromatic N) is 4. The molecule has 0 aliphatic carbocycles. The van der Waals surface area contributed by atoms with Crippen molar-refractivity contribution < 1.29 is 14.3 Å². The summed E-state index contributed by atoms with van der Waals surface area (Å²) in [6, 6.07) is 13.7. The minimum atomic E-state index is -0.410. The van der Waals surface area contributed by atoms with Crippen LogP contribution in [0.2, 0.25) is 5.02 Å². The summed E-state index contributed by atoms with van der Waals surface area (Å²) >= 11 is 5.99. The highest BCUT2D eigenvalue weighted by atomic mass is 35.5. The van der Waals surface area contributed by atoms with Gasteiger partial charge in [-0.1, -0.05) is 17.7 Å². The Kier molecular flexibility index (Phi) is 7.59. The van der Waals surface area contributed by atoms with Gasteiger partial charge in [-0.05, 0) is 56.3 Å². The first kappa shape index (κ1) is 25.2. The third kappa shape index (κ3) is 5.68. The fraction of sp³-hybridized carbons (Fsp3) is 0.308. The maximum Gasteiger partial charge on any atom is 0.299 e. The molecule has 0 radical (unpaired) electrons. The fourth-order valence-electron chi connectivity index (χ4n) is 3.94. The van der Waals surface area contributed by atoms with Gasteiger partial charge in [0.25, 0.3) is 11.5 Å². The van der Waals surface area contributed by atoms with Crippen LogP contribution in [0.4, 0.5) is 11.4 Å². The molecular formula is C26H28ClN5O4. The van der Waals surface area contributed by atoms with Crippen LogP contribution in [-0.4, -0.2) is 63.7 Å². The van der Waals surface area contributed by atoms with Crippen molar-refractivity contribution in [3.8, 4) is 11.4 Å². The molecule has 10 heteroatoms. The van der Waals surface area contributed by atoms with E-state index in [2.05, 4.69) is 10.4 Å². The van der Waals surface area contributed by atoms with Gasteiger partial charge in [-0.2, -0.15) is 9.78 Å². The molecule has 0 spiro atoms. The van der Waals surface area contributed by atoms with Crippen molar-refractivity contribution in [2.45, 2.75) is 26.9 Å². The molecule has 0 saturated carbocycles. The number of carbonyl (C=O) groups is 2. The molecule has 1 saturated heterocycles. The molecule has 9 nitrogen and oxygen atoms in total. The number of rotatable bonds is 6. The van der Waals surface area contributed by atoms with Gasteiger partial charge in [0, 0.05) is 49.4 Å². The maximum absolute atomic E-state index is 13.4. The Bertz CT molecular complexity index is 1310. The number of halogens is 1. The molecule has 36 heavy (non-hydrogen) atoms. The summed E-state index contributed by atoms with van der Waals surface area (Å²) in [5, 5.41) is 7.96. The number of nitrogens with one attached hydrogen (secondary N) is 1. The number of piperazine rings is 1. The van der Waals surface area contributed by atoms with Crippen molar-refractivity contribution in [2.24, 2.45) is 0 Å². The van der Waals surface area contributed by atoms with Crippen molar-refractivity contribution in [2.75, 3.05) is 31.5 Å². The number of anilines is 2. The van der Waals surface area contributed by atoms with Crippen molar-refractivity contribution >= 4 is 34.8 Å². The van der Waals surface area contributed by atoms with Gasteiger partial charge >= 0.3 is 0 Å². The first-order valence-electron chi connectivity index (χ1n) is 11.7. The molecule has 1 aromatic heterocycles. The molecule has 2 heterocycles. The number of benzene rings is 2. The van der Waals surface area contributed by atoms with E-state index >= 15 is 0 Å². The lowest BCUT2D eigenvalue weighted by molar-refractivity contribution is -0.130. The minimum absolute atomic E-state index is 0.00863. The second-order valence-electron chi connectivity index (χ2n) is 8.75. The molecule has 188 valence electrons. The molecule has 0 bridgehead atoms. The first-order chi connectivity index (χ1) is 17.2. The molecule has 0 atom stereocenters. The number of carbonyl (C=O) groups excluding carboxylic acids is 2. The van der Waals surface area contributed by atoms with E-state index in [4.69, 9.17) is 16.3 Å². The summed E-state index contributed by atoms with van der Waals surface area (Å²) in [7, 11) is 0. The number of hydrogen-bond donors (Lipinski definition) is 1. The predicted molar refractivity (Wildman–Crippen MR) is 138 cm³/mol. The van der Waals surface area contributed by atoms with E-state index in [0.717, 1.165) is 0 Å². The highest BCUT2D eigenvalue weighted by molar-refractivity contribution is 6.30. The van der Waals surface area contributed by atoms with Crippen LogP contribution in [0.25, 0.3) is 5.69 Å². The van der Waals surface area contributed by atoms with Gasteiger partial charge in [-0.3, -0.25) is 14.4 Å². The van der Waals surface area contributed by atoms with E-state index in [0.29, 0.717) is 53.9 Å². The Balaban J connectivity index is 1.62. The second-order valence-corrected chi connectivity index (χ2v) is 9.18. The van der Waals surface area contributed by atoms with E-state index in [1.165, 1.54) is 17.8 Å². The van der Waals surface area contributed by atoms with Crippen molar-refractivity contribution in [1.29, 1.82) is 0 Å². The van der Waals surface area contributed by atoms with Crippen LogP contribution in [0.5, 0.6) is 5.75 Å². The van der Waals surface area contributed by atoms with Crippen LogP contribution >= 0.6 is 11.6 Å². The Morgan fingerprint density at radius 3 is 2.33 bits per heavy atom. The Labute approximate surface area is 214 Å². The Morgan fingerprint density at radius 1 is 1.03 bits per heavy atom. The number of aromatic nitrogens is 2. The third-order valence-corrected chi connectivity index (χ3v) is 6.02. The van der Waals surface area contributed by atoms with Gasteiger partial charge in [-0.15, -0.1) is 0 Å². The lowest BCUT2D eigenvalue weighted by atomic mass is 10.1. The lowest BCUT2D eigenvalue weighted by Gasteiger charge is -2.34. The van der Waals surface area contributed by atoms with Crippen molar-refractivity contribution in [3.63, 3.8) is 0 Å². The molecule has 2 amide bonds. The smallest absolute Gasteiger partial charge is 0.299 e. The second kappa shape index (κ2) is 10.8. The molecule has 1 aliphatic rings. The van der Waals surface area contributed by atoms with Crippen LogP contribution in [-0.2, 0) is 4.79 Å². The average molecular weight is 510 g/mol. The summed E-state index contributed by atoms with van der Waals surface area (Å²) < 4.78 is 7.10. The van der Waals surface area contributed by atoms with Gasteiger partial charge in [-0.25, -0.2) is 0 Å². The van der Waals surface area contributed by atoms with Crippen LogP contribution in [0.1, 0.15) is 31.1 Å². The topological polar surface area (TPSA) is 96.8 Å². The van der Waals surface area contributed by atoms with Gasteiger partial charge in [0.1, 0.15) is 0 Å². The molecule has 1 fully saturated rings. The van der Waals surface area contributed by atoms with E-state index < -0.39 is 5.56 Å². The summed E-state index contributed by atoms with van der Waals surface area (Å²) in [5.74, 6) is 0.181. The monoisotopic (exact) mass is 509 g/mol. The zero-order valence-electron chi connectivity index (χ0n) is 20.4.